The summed E-state index contributed by atoms with van der Waals surface area (Å²) in [6, 6.07) is 3.72. The van der Waals surface area contributed by atoms with Gasteiger partial charge >= 0.3 is 0 Å². The van der Waals surface area contributed by atoms with Gasteiger partial charge in [0.25, 0.3) is 0 Å². The van der Waals surface area contributed by atoms with Crippen molar-refractivity contribution in [3.8, 4) is 0 Å². The first-order valence-electron chi connectivity index (χ1n) is 9.27. The number of rotatable bonds is 7. The van der Waals surface area contributed by atoms with E-state index in [2.05, 4.69) is 21.9 Å². The highest BCUT2D eigenvalue weighted by Gasteiger charge is 2.21. The van der Waals surface area contributed by atoms with Gasteiger partial charge in [-0.3, -0.25) is 9.78 Å². The van der Waals surface area contributed by atoms with Gasteiger partial charge in [-0.2, -0.15) is 0 Å². The molecule has 6 heteroatoms. The lowest BCUT2D eigenvalue weighted by molar-refractivity contribution is -0.114. The highest BCUT2D eigenvalue weighted by atomic mass is 16.3. The first kappa shape index (κ1) is 21.6. The molecular weight excluding hydrogens is 349 g/mol. The monoisotopic (exact) mass is 375 g/mol. The van der Waals surface area contributed by atoms with Gasteiger partial charge in [0.1, 0.15) is 13.7 Å². The van der Waals surface area contributed by atoms with Crippen LogP contribution in [0.25, 0.3) is 16.3 Å². The Balaban J connectivity index is 2.35. The molecule has 0 aliphatic carbocycles. The highest BCUT2D eigenvalue weighted by molar-refractivity contribution is 6.16. The van der Waals surface area contributed by atoms with Gasteiger partial charge < -0.3 is 10.4 Å². The number of amides is 1. The quantitative estimate of drug-likeness (QED) is 0.563. The Hall–Kier alpha value is -2.73. The Morgan fingerprint density at radius 3 is 2.54 bits per heavy atom. The van der Waals surface area contributed by atoms with E-state index < -0.39 is 5.50 Å². The molecule has 5 nitrogen and oxygen atoms in total. The van der Waals surface area contributed by atoms with Crippen molar-refractivity contribution in [1.29, 1.82) is 0 Å². The minimum absolute atomic E-state index is 0.170. The molecule has 144 valence electrons. The van der Waals surface area contributed by atoms with Gasteiger partial charge in [0.05, 0.1) is 5.69 Å². The fraction of sp³-hybridized carbons (Fsp3) is 0.318. The second-order valence-electron chi connectivity index (χ2n) is 6.90. The van der Waals surface area contributed by atoms with E-state index in [9.17, 15) is 9.90 Å². The number of anilines is 1. The van der Waals surface area contributed by atoms with Crippen LogP contribution in [0.4, 0.5) is 5.82 Å². The van der Waals surface area contributed by atoms with E-state index >= 15 is 0 Å². The van der Waals surface area contributed by atoms with E-state index in [1.165, 1.54) is 6.92 Å². The number of carbonyl (C=O) groups is 1. The number of nitrogens with zero attached hydrogens (tertiary/aromatic N) is 2. The highest BCUT2D eigenvalue weighted by Crippen LogP contribution is 2.28. The third-order valence-electron chi connectivity index (χ3n) is 4.47. The van der Waals surface area contributed by atoms with E-state index in [1.54, 1.807) is 24.5 Å². The van der Waals surface area contributed by atoms with Gasteiger partial charge in [-0.1, -0.05) is 32.1 Å². The van der Waals surface area contributed by atoms with E-state index in [1.807, 2.05) is 32.9 Å². The SMILES string of the molecule is [B]C(O)(CCC)C(=C)/C=C(C)\C(=C/C)c1cc2cnc(NC(C)=O)cc2cn1. The lowest BCUT2D eigenvalue weighted by Gasteiger charge is -2.25. The number of allylic oxidation sites excluding steroid dienone is 3. The van der Waals surface area contributed by atoms with Crippen molar-refractivity contribution in [2.75, 3.05) is 5.32 Å². The van der Waals surface area contributed by atoms with Crippen LogP contribution in [-0.4, -0.2) is 34.3 Å². The summed E-state index contributed by atoms with van der Waals surface area (Å²) in [5.41, 5.74) is 1.65. The lowest BCUT2D eigenvalue weighted by atomic mass is 9.72. The summed E-state index contributed by atoms with van der Waals surface area (Å²) in [6.45, 7) is 11.2. The maximum absolute atomic E-state index is 11.2. The van der Waals surface area contributed by atoms with Gasteiger partial charge in [0, 0.05) is 35.6 Å². The predicted molar refractivity (Wildman–Crippen MR) is 116 cm³/mol. The van der Waals surface area contributed by atoms with Crippen LogP contribution in [0.2, 0.25) is 0 Å². The molecule has 0 spiro atoms. The van der Waals surface area contributed by atoms with Crippen LogP contribution >= 0.6 is 0 Å². The van der Waals surface area contributed by atoms with Crippen molar-refractivity contribution in [2.45, 2.75) is 46.0 Å². The number of aromatic nitrogens is 2. The maximum atomic E-state index is 11.2. The van der Waals surface area contributed by atoms with Gasteiger partial charge in [-0.15, -0.1) is 0 Å². The molecule has 0 fully saturated rings. The molecule has 1 amide bonds. The normalized spacial score (nSPS) is 14.6. The first-order valence-corrected chi connectivity index (χ1v) is 9.27. The Kier molecular flexibility index (Phi) is 6.92. The lowest BCUT2D eigenvalue weighted by Crippen LogP contribution is -2.30. The van der Waals surface area contributed by atoms with Crippen molar-refractivity contribution >= 4 is 35.9 Å². The predicted octanol–water partition coefficient (Wildman–Crippen LogP) is 4.15. The zero-order chi connectivity index (χ0) is 20.9. The molecule has 2 radical (unpaired) electrons. The van der Waals surface area contributed by atoms with Gasteiger partial charge in [0.2, 0.25) is 5.91 Å². The smallest absolute Gasteiger partial charge is 0.222 e. The largest absolute Gasteiger partial charge is 0.395 e. The molecule has 0 saturated carbocycles. The number of hydrogen-bond acceptors (Lipinski definition) is 4. The fourth-order valence-corrected chi connectivity index (χ4v) is 3.02. The molecule has 2 aromatic heterocycles. The third kappa shape index (κ3) is 5.17. The molecule has 1 atom stereocenters. The first-order chi connectivity index (χ1) is 13.2. The van der Waals surface area contributed by atoms with E-state index in [4.69, 9.17) is 7.85 Å². The molecule has 0 aliphatic heterocycles. The Morgan fingerprint density at radius 1 is 1.29 bits per heavy atom. The van der Waals surface area contributed by atoms with Crippen molar-refractivity contribution in [1.82, 2.24) is 9.97 Å². The molecule has 2 aromatic rings. The van der Waals surface area contributed by atoms with Gasteiger partial charge in [-0.25, -0.2) is 4.98 Å². The summed E-state index contributed by atoms with van der Waals surface area (Å²) < 4.78 is 0. The van der Waals surface area contributed by atoms with Crippen molar-refractivity contribution in [3.05, 3.63) is 60.1 Å². The average Bonchev–Trinajstić information content (AvgIpc) is 2.61. The zero-order valence-electron chi connectivity index (χ0n) is 16.9. The second-order valence-corrected chi connectivity index (χ2v) is 6.90. The summed E-state index contributed by atoms with van der Waals surface area (Å²) in [6.07, 6.45) is 8.42. The topological polar surface area (TPSA) is 75.1 Å². The Morgan fingerprint density at radius 2 is 1.93 bits per heavy atom. The summed E-state index contributed by atoms with van der Waals surface area (Å²) >= 11 is 0. The van der Waals surface area contributed by atoms with Crippen LogP contribution in [0.3, 0.4) is 0 Å². The van der Waals surface area contributed by atoms with Crippen molar-refractivity contribution in [3.63, 3.8) is 0 Å². The molecule has 2 rings (SSSR count). The molecule has 0 aliphatic rings. The molecule has 0 aromatic carbocycles. The second kappa shape index (κ2) is 8.98. The minimum atomic E-state index is -1.42. The number of pyridine rings is 2. The molecule has 0 saturated heterocycles. The van der Waals surface area contributed by atoms with Crippen LogP contribution in [0.15, 0.2) is 54.4 Å². The number of aliphatic hydroxyl groups is 1. The summed E-state index contributed by atoms with van der Waals surface area (Å²) in [5.74, 6) is 0.322. The number of nitrogens with one attached hydrogen (secondary N) is 1. The average molecular weight is 375 g/mol. The Bertz CT molecular complexity index is 961. The van der Waals surface area contributed by atoms with Crippen molar-refractivity contribution < 1.29 is 9.90 Å². The molecule has 0 bridgehead atoms. The zero-order valence-corrected chi connectivity index (χ0v) is 16.9. The van der Waals surface area contributed by atoms with E-state index in [0.29, 0.717) is 17.8 Å². The molecule has 1 unspecified atom stereocenters. The summed E-state index contributed by atoms with van der Waals surface area (Å²) in [4.78, 5) is 20.0. The molecule has 2 N–H and O–H groups in total. The minimum Gasteiger partial charge on any atom is -0.395 e. The summed E-state index contributed by atoms with van der Waals surface area (Å²) in [7, 11) is 5.96. The number of fused-ring (bicyclic) bond motifs is 1. The molecule has 28 heavy (non-hydrogen) atoms. The molecular formula is C22H26BN3O2. The Labute approximate surface area is 167 Å². The van der Waals surface area contributed by atoms with E-state index in [0.717, 1.165) is 34.0 Å². The molecule has 2 heterocycles. The van der Waals surface area contributed by atoms with Crippen molar-refractivity contribution in [2.24, 2.45) is 0 Å². The van der Waals surface area contributed by atoms with Crippen LogP contribution in [-0.2, 0) is 4.79 Å². The fourth-order valence-electron chi connectivity index (χ4n) is 3.02. The van der Waals surface area contributed by atoms with Crippen LogP contribution in [0.1, 0.15) is 46.2 Å². The van der Waals surface area contributed by atoms with Gasteiger partial charge in [-0.05, 0) is 49.1 Å². The van der Waals surface area contributed by atoms with E-state index in [-0.39, 0.29) is 5.91 Å². The number of hydrogen-bond donors (Lipinski definition) is 2. The standard InChI is InChI=1S/C22H26BN3O2/c1-6-8-22(23,28)15(4)9-14(3)19(7-2)20-10-17-13-25-21(26-16(5)27)11-18(17)12-24-20/h7,9-13,28H,4,6,8H2,1-3,5H3,(H,25,26,27)/b14-9-,19-7+. The van der Waals surface area contributed by atoms with Gasteiger partial charge in [0.15, 0.2) is 0 Å². The maximum Gasteiger partial charge on any atom is 0.222 e. The third-order valence-corrected chi connectivity index (χ3v) is 4.47. The van der Waals surface area contributed by atoms with Crippen LogP contribution < -0.4 is 5.32 Å². The van der Waals surface area contributed by atoms with Crippen LogP contribution in [0, 0.1) is 0 Å². The van der Waals surface area contributed by atoms with Crippen LogP contribution in [0.5, 0.6) is 0 Å². The summed E-state index contributed by atoms with van der Waals surface area (Å²) in [5, 5.41) is 14.8. The number of carbonyl (C=O) groups excluding carboxylic acids is 1.